The highest BCUT2D eigenvalue weighted by atomic mass is 16.6. The van der Waals surface area contributed by atoms with Crippen molar-refractivity contribution < 1.29 is 14.6 Å². The van der Waals surface area contributed by atoms with Gasteiger partial charge in [-0.25, -0.2) is 4.79 Å². The Hall–Kier alpha value is -2.18. The minimum Gasteiger partial charge on any atom is -0.444 e. The normalized spacial score (nSPS) is 12.8. The van der Waals surface area contributed by atoms with E-state index in [1.54, 1.807) is 11.1 Å². The van der Waals surface area contributed by atoms with Crippen molar-refractivity contribution in [2.75, 3.05) is 26.2 Å². The summed E-state index contributed by atoms with van der Waals surface area (Å²) in [4.78, 5) is 18.3. The van der Waals surface area contributed by atoms with Crippen LogP contribution >= 0.6 is 0 Å². The van der Waals surface area contributed by atoms with Gasteiger partial charge in [-0.3, -0.25) is 4.98 Å². The van der Waals surface area contributed by atoms with Gasteiger partial charge in [-0.05, 0) is 56.2 Å². The van der Waals surface area contributed by atoms with E-state index in [2.05, 4.69) is 28.5 Å². The molecule has 154 valence electrons. The number of hydrogen-bond donors (Lipinski definition) is 2. The number of pyridine rings is 1. The van der Waals surface area contributed by atoms with Crippen molar-refractivity contribution in [2.24, 2.45) is 5.92 Å². The van der Waals surface area contributed by atoms with Crippen molar-refractivity contribution >= 4 is 16.9 Å². The van der Waals surface area contributed by atoms with Gasteiger partial charge in [-0.1, -0.05) is 19.1 Å². The largest absolute Gasteiger partial charge is 0.444 e. The number of aromatic nitrogens is 1. The second kappa shape index (κ2) is 10.4. The van der Waals surface area contributed by atoms with E-state index in [9.17, 15) is 9.90 Å². The van der Waals surface area contributed by atoms with Gasteiger partial charge in [0.25, 0.3) is 0 Å². The van der Waals surface area contributed by atoms with Gasteiger partial charge < -0.3 is 20.1 Å². The van der Waals surface area contributed by atoms with Gasteiger partial charge in [0, 0.05) is 50.6 Å². The first kappa shape index (κ1) is 22.1. The van der Waals surface area contributed by atoms with Crippen LogP contribution in [0.1, 0.15) is 39.7 Å². The average molecular weight is 388 g/mol. The number of benzene rings is 1. The maximum atomic E-state index is 12.5. The van der Waals surface area contributed by atoms with Crippen LogP contribution in [0.2, 0.25) is 0 Å². The Bertz CT molecular complexity index is 758. The molecule has 0 saturated heterocycles. The van der Waals surface area contributed by atoms with Gasteiger partial charge in [0.2, 0.25) is 0 Å². The summed E-state index contributed by atoms with van der Waals surface area (Å²) in [6.07, 6.45) is 4.09. The van der Waals surface area contributed by atoms with Crippen LogP contribution < -0.4 is 5.32 Å². The quantitative estimate of drug-likeness (QED) is 0.643. The van der Waals surface area contributed by atoms with Crippen molar-refractivity contribution in [3.63, 3.8) is 0 Å². The smallest absolute Gasteiger partial charge is 0.410 e. The van der Waals surface area contributed by atoms with Crippen molar-refractivity contribution in [1.29, 1.82) is 0 Å². The molecule has 6 nitrogen and oxygen atoms in total. The molecule has 0 aliphatic heterocycles. The lowest BCUT2D eigenvalue weighted by Crippen LogP contribution is -2.41. The van der Waals surface area contributed by atoms with Crippen LogP contribution in [0.15, 0.2) is 36.7 Å². The molecule has 0 fully saturated rings. The molecule has 0 aliphatic carbocycles. The number of rotatable bonds is 9. The van der Waals surface area contributed by atoms with E-state index in [-0.39, 0.29) is 18.6 Å². The number of fused-ring (bicyclic) bond motifs is 1. The minimum absolute atomic E-state index is 0.123. The highest BCUT2D eigenvalue weighted by molar-refractivity contribution is 5.81. The van der Waals surface area contributed by atoms with Gasteiger partial charge in [-0.15, -0.1) is 0 Å². The standard InChI is InChI=1S/C22H33N3O3/c1-17(16-26)8-11-25(21(27)28-22(2,3)4)12-10-24-14-18-5-6-20-15-23-9-7-19(20)13-18/h5-7,9,13,15,17,24,26H,8,10-12,14,16H2,1-4H3/t17-/m1/s1. The maximum Gasteiger partial charge on any atom is 0.410 e. The molecule has 1 aromatic heterocycles. The SMILES string of the molecule is C[C@@H](CO)CCN(CCNCc1ccc2cnccc2c1)C(=O)OC(C)(C)C. The second-order valence-corrected chi connectivity index (χ2v) is 8.28. The zero-order valence-electron chi connectivity index (χ0n) is 17.4. The van der Waals surface area contributed by atoms with Gasteiger partial charge >= 0.3 is 6.09 Å². The number of aliphatic hydroxyl groups excluding tert-OH is 1. The van der Waals surface area contributed by atoms with E-state index in [1.807, 2.05) is 40.0 Å². The Morgan fingerprint density at radius 3 is 2.75 bits per heavy atom. The summed E-state index contributed by atoms with van der Waals surface area (Å²) in [5.41, 5.74) is 0.669. The number of amides is 1. The summed E-state index contributed by atoms with van der Waals surface area (Å²) in [5, 5.41) is 14.9. The Morgan fingerprint density at radius 2 is 2.04 bits per heavy atom. The van der Waals surface area contributed by atoms with Gasteiger partial charge in [0.1, 0.15) is 5.60 Å². The molecular formula is C22H33N3O3. The Morgan fingerprint density at radius 1 is 1.25 bits per heavy atom. The summed E-state index contributed by atoms with van der Waals surface area (Å²) in [5.74, 6) is 0.157. The zero-order chi connectivity index (χ0) is 20.6. The van der Waals surface area contributed by atoms with Crippen LogP contribution in [0.3, 0.4) is 0 Å². The lowest BCUT2D eigenvalue weighted by molar-refractivity contribution is 0.0238. The Kier molecular flexibility index (Phi) is 8.20. The number of carbonyl (C=O) groups excluding carboxylic acids is 1. The molecule has 1 aromatic carbocycles. The van der Waals surface area contributed by atoms with E-state index in [4.69, 9.17) is 4.74 Å². The monoisotopic (exact) mass is 387 g/mol. The molecule has 0 saturated carbocycles. The van der Waals surface area contributed by atoms with Crippen LogP contribution in [0.25, 0.3) is 10.8 Å². The summed E-state index contributed by atoms with van der Waals surface area (Å²) >= 11 is 0. The highest BCUT2D eigenvalue weighted by Crippen LogP contribution is 2.14. The lowest BCUT2D eigenvalue weighted by Gasteiger charge is -2.28. The first-order valence-corrected chi connectivity index (χ1v) is 9.90. The summed E-state index contributed by atoms with van der Waals surface area (Å²) in [6, 6.07) is 8.32. The molecule has 2 aromatic rings. The van der Waals surface area contributed by atoms with Crippen LogP contribution in [0.4, 0.5) is 4.79 Å². The number of nitrogens with zero attached hydrogens (tertiary/aromatic N) is 2. The van der Waals surface area contributed by atoms with Crippen molar-refractivity contribution in [3.8, 4) is 0 Å². The zero-order valence-corrected chi connectivity index (χ0v) is 17.4. The fraction of sp³-hybridized carbons (Fsp3) is 0.545. The maximum absolute atomic E-state index is 12.5. The molecule has 2 N–H and O–H groups in total. The molecule has 28 heavy (non-hydrogen) atoms. The van der Waals surface area contributed by atoms with Gasteiger partial charge in [-0.2, -0.15) is 0 Å². The molecule has 0 aliphatic rings. The minimum atomic E-state index is -0.523. The number of nitrogens with one attached hydrogen (secondary N) is 1. The first-order valence-electron chi connectivity index (χ1n) is 9.90. The van der Waals surface area contributed by atoms with Crippen molar-refractivity contribution in [2.45, 2.75) is 46.3 Å². The van der Waals surface area contributed by atoms with Crippen molar-refractivity contribution in [1.82, 2.24) is 15.2 Å². The lowest BCUT2D eigenvalue weighted by atomic mass is 10.1. The van der Waals surface area contributed by atoms with Crippen molar-refractivity contribution in [3.05, 3.63) is 42.2 Å². The molecule has 2 rings (SSSR count). The number of aliphatic hydroxyl groups is 1. The number of ether oxygens (including phenoxy) is 1. The third-order valence-corrected chi connectivity index (χ3v) is 4.45. The number of hydrogen-bond acceptors (Lipinski definition) is 5. The molecule has 6 heteroatoms. The molecule has 0 spiro atoms. The molecule has 0 radical (unpaired) electrons. The molecule has 0 unspecified atom stereocenters. The van der Waals surface area contributed by atoms with Crippen LogP contribution in [0, 0.1) is 5.92 Å². The molecular weight excluding hydrogens is 354 g/mol. The Labute approximate surface area is 167 Å². The second-order valence-electron chi connectivity index (χ2n) is 8.28. The van der Waals surface area contributed by atoms with E-state index in [1.165, 1.54) is 10.9 Å². The first-order chi connectivity index (χ1) is 13.3. The highest BCUT2D eigenvalue weighted by Gasteiger charge is 2.22. The summed E-state index contributed by atoms with van der Waals surface area (Å²) < 4.78 is 5.52. The third-order valence-electron chi connectivity index (χ3n) is 4.45. The van der Waals surface area contributed by atoms with E-state index in [0.717, 1.165) is 18.4 Å². The predicted octanol–water partition coefficient (Wildman–Crippen LogP) is 3.58. The topological polar surface area (TPSA) is 74.7 Å². The van der Waals surface area contributed by atoms with E-state index in [0.29, 0.717) is 19.6 Å². The van der Waals surface area contributed by atoms with Crippen LogP contribution in [0.5, 0.6) is 0 Å². The molecule has 1 atom stereocenters. The fourth-order valence-electron chi connectivity index (χ4n) is 2.78. The van der Waals surface area contributed by atoms with Gasteiger partial charge in [0.05, 0.1) is 0 Å². The summed E-state index contributed by atoms with van der Waals surface area (Å²) in [6.45, 7) is 10.2. The number of carbonyl (C=O) groups is 1. The predicted molar refractivity (Wildman–Crippen MR) is 112 cm³/mol. The third kappa shape index (κ3) is 7.44. The van der Waals surface area contributed by atoms with E-state index < -0.39 is 5.60 Å². The fourth-order valence-corrected chi connectivity index (χ4v) is 2.78. The molecule has 0 bridgehead atoms. The Balaban J connectivity index is 1.87. The molecule has 1 amide bonds. The van der Waals surface area contributed by atoms with Crippen LogP contribution in [-0.2, 0) is 11.3 Å². The van der Waals surface area contributed by atoms with Gasteiger partial charge in [0.15, 0.2) is 0 Å². The summed E-state index contributed by atoms with van der Waals surface area (Å²) in [7, 11) is 0. The average Bonchev–Trinajstić information content (AvgIpc) is 2.65. The molecule has 1 heterocycles. The van der Waals surface area contributed by atoms with E-state index >= 15 is 0 Å². The van der Waals surface area contributed by atoms with Crippen LogP contribution in [-0.4, -0.2) is 52.9 Å².